The Balaban J connectivity index is 2.49. The van der Waals surface area contributed by atoms with Crippen molar-refractivity contribution in [3.05, 3.63) is 29.6 Å². The van der Waals surface area contributed by atoms with Crippen LogP contribution >= 0.6 is 0 Å². The second-order valence-electron chi connectivity index (χ2n) is 4.40. The van der Waals surface area contributed by atoms with Crippen LogP contribution in [0, 0.1) is 12.7 Å². The third kappa shape index (κ3) is 4.19. The molecule has 1 aromatic rings. The number of hydrogen-bond acceptors (Lipinski definition) is 2. The molecule has 0 amide bonds. The number of hydrogen-bond donors (Lipinski definition) is 1. The fourth-order valence-corrected chi connectivity index (χ4v) is 1.32. The van der Waals surface area contributed by atoms with Crippen LogP contribution in [0.2, 0.25) is 0 Å². The lowest BCUT2D eigenvalue weighted by molar-refractivity contribution is 0.213. The lowest BCUT2D eigenvalue weighted by Crippen LogP contribution is -2.33. The standard InChI is InChI=1S/C13H20FNO/c1-9(2)15-8-11(4)16-12-6-5-10(3)13(14)7-12/h5-7,9,11,15H,8H2,1-4H3. The molecule has 0 aliphatic heterocycles. The SMILES string of the molecule is Cc1ccc(OC(C)CNC(C)C)cc1F. The Morgan fingerprint density at radius 3 is 2.56 bits per heavy atom. The zero-order valence-corrected chi connectivity index (χ0v) is 10.4. The molecule has 90 valence electrons. The molecule has 0 bridgehead atoms. The second-order valence-corrected chi connectivity index (χ2v) is 4.40. The van der Waals surface area contributed by atoms with Gasteiger partial charge in [-0.25, -0.2) is 4.39 Å². The highest BCUT2D eigenvalue weighted by molar-refractivity contribution is 5.28. The molecule has 0 radical (unpaired) electrons. The maximum absolute atomic E-state index is 13.2. The molecular formula is C13H20FNO. The van der Waals surface area contributed by atoms with Crippen LogP contribution in [0.4, 0.5) is 4.39 Å². The fraction of sp³-hybridized carbons (Fsp3) is 0.538. The zero-order valence-electron chi connectivity index (χ0n) is 10.4. The number of benzene rings is 1. The topological polar surface area (TPSA) is 21.3 Å². The van der Waals surface area contributed by atoms with E-state index in [9.17, 15) is 4.39 Å². The van der Waals surface area contributed by atoms with Gasteiger partial charge in [0.15, 0.2) is 0 Å². The first-order valence-electron chi connectivity index (χ1n) is 5.65. The molecule has 0 saturated heterocycles. The monoisotopic (exact) mass is 225 g/mol. The summed E-state index contributed by atoms with van der Waals surface area (Å²) < 4.78 is 18.8. The summed E-state index contributed by atoms with van der Waals surface area (Å²) >= 11 is 0. The van der Waals surface area contributed by atoms with E-state index in [-0.39, 0.29) is 11.9 Å². The number of ether oxygens (including phenoxy) is 1. The minimum atomic E-state index is -0.221. The van der Waals surface area contributed by atoms with Gasteiger partial charge in [0.25, 0.3) is 0 Å². The maximum atomic E-state index is 13.2. The van der Waals surface area contributed by atoms with Crippen molar-refractivity contribution in [3.8, 4) is 5.75 Å². The predicted octanol–water partition coefficient (Wildman–Crippen LogP) is 2.90. The van der Waals surface area contributed by atoms with E-state index in [4.69, 9.17) is 4.74 Å². The van der Waals surface area contributed by atoms with Crippen LogP contribution in [-0.2, 0) is 0 Å². The number of halogens is 1. The molecule has 0 aliphatic carbocycles. The van der Waals surface area contributed by atoms with Crippen LogP contribution in [0.1, 0.15) is 26.3 Å². The average molecular weight is 225 g/mol. The maximum Gasteiger partial charge on any atom is 0.129 e. The quantitative estimate of drug-likeness (QED) is 0.832. The van der Waals surface area contributed by atoms with Crippen molar-refractivity contribution in [2.75, 3.05) is 6.54 Å². The van der Waals surface area contributed by atoms with Crippen molar-refractivity contribution in [2.24, 2.45) is 0 Å². The predicted molar refractivity (Wildman–Crippen MR) is 64.4 cm³/mol. The van der Waals surface area contributed by atoms with E-state index in [1.807, 2.05) is 6.92 Å². The lowest BCUT2D eigenvalue weighted by atomic mass is 10.2. The molecule has 1 aromatic carbocycles. The van der Waals surface area contributed by atoms with E-state index in [2.05, 4.69) is 19.2 Å². The fourth-order valence-electron chi connectivity index (χ4n) is 1.32. The summed E-state index contributed by atoms with van der Waals surface area (Å²) in [5, 5.41) is 3.27. The van der Waals surface area contributed by atoms with E-state index >= 15 is 0 Å². The normalized spacial score (nSPS) is 12.9. The van der Waals surface area contributed by atoms with Crippen LogP contribution in [0.25, 0.3) is 0 Å². The minimum absolute atomic E-state index is 0.0320. The molecular weight excluding hydrogens is 205 g/mol. The summed E-state index contributed by atoms with van der Waals surface area (Å²) in [6.07, 6.45) is 0.0320. The van der Waals surface area contributed by atoms with Crippen LogP contribution in [-0.4, -0.2) is 18.7 Å². The Kier molecular flexibility index (Phi) is 4.74. The number of nitrogens with one attached hydrogen (secondary N) is 1. The summed E-state index contributed by atoms with van der Waals surface area (Å²) in [7, 11) is 0. The van der Waals surface area contributed by atoms with E-state index in [0.29, 0.717) is 17.4 Å². The van der Waals surface area contributed by atoms with Gasteiger partial charge in [0.2, 0.25) is 0 Å². The zero-order chi connectivity index (χ0) is 12.1. The van der Waals surface area contributed by atoms with E-state index < -0.39 is 0 Å². The van der Waals surface area contributed by atoms with Gasteiger partial charge in [-0.05, 0) is 25.5 Å². The van der Waals surface area contributed by atoms with Crippen molar-refractivity contribution >= 4 is 0 Å². The van der Waals surface area contributed by atoms with Crippen molar-refractivity contribution in [1.29, 1.82) is 0 Å². The van der Waals surface area contributed by atoms with E-state index in [1.165, 1.54) is 6.07 Å². The Hall–Kier alpha value is -1.09. The summed E-state index contributed by atoms with van der Waals surface area (Å²) in [6, 6.07) is 5.39. The van der Waals surface area contributed by atoms with Gasteiger partial charge in [0, 0.05) is 18.7 Å². The Bertz CT molecular complexity index is 339. The number of rotatable bonds is 5. The molecule has 1 N–H and O–H groups in total. The largest absolute Gasteiger partial charge is 0.489 e. The minimum Gasteiger partial charge on any atom is -0.489 e. The smallest absolute Gasteiger partial charge is 0.129 e. The highest BCUT2D eigenvalue weighted by Crippen LogP contribution is 2.16. The van der Waals surface area contributed by atoms with E-state index in [1.54, 1.807) is 19.1 Å². The van der Waals surface area contributed by atoms with Gasteiger partial charge >= 0.3 is 0 Å². The molecule has 1 atom stereocenters. The lowest BCUT2D eigenvalue weighted by Gasteiger charge is -2.17. The Morgan fingerprint density at radius 1 is 1.31 bits per heavy atom. The molecule has 0 spiro atoms. The first-order valence-corrected chi connectivity index (χ1v) is 5.65. The van der Waals surface area contributed by atoms with Crippen LogP contribution in [0.5, 0.6) is 5.75 Å². The third-order valence-corrected chi connectivity index (χ3v) is 2.29. The Morgan fingerprint density at radius 2 is 2.00 bits per heavy atom. The van der Waals surface area contributed by atoms with Crippen LogP contribution in [0.3, 0.4) is 0 Å². The summed E-state index contributed by atoms with van der Waals surface area (Å²) in [4.78, 5) is 0. The molecule has 1 unspecified atom stereocenters. The highest BCUT2D eigenvalue weighted by atomic mass is 19.1. The number of aryl methyl sites for hydroxylation is 1. The van der Waals surface area contributed by atoms with Crippen molar-refractivity contribution in [2.45, 2.75) is 39.8 Å². The average Bonchev–Trinajstić information content (AvgIpc) is 2.21. The third-order valence-electron chi connectivity index (χ3n) is 2.29. The first kappa shape index (κ1) is 13.0. The van der Waals surface area contributed by atoms with Gasteiger partial charge in [-0.2, -0.15) is 0 Å². The highest BCUT2D eigenvalue weighted by Gasteiger charge is 2.06. The van der Waals surface area contributed by atoms with Crippen LogP contribution < -0.4 is 10.1 Å². The molecule has 0 saturated carbocycles. The molecule has 0 aliphatic rings. The van der Waals surface area contributed by atoms with Crippen molar-refractivity contribution < 1.29 is 9.13 Å². The van der Waals surface area contributed by atoms with Gasteiger partial charge in [0.05, 0.1) is 0 Å². The summed E-state index contributed by atoms with van der Waals surface area (Å²) in [6.45, 7) is 8.62. The second kappa shape index (κ2) is 5.85. The summed E-state index contributed by atoms with van der Waals surface area (Å²) in [5.41, 5.74) is 0.639. The van der Waals surface area contributed by atoms with Gasteiger partial charge in [-0.1, -0.05) is 19.9 Å². The molecule has 3 heteroatoms. The molecule has 2 nitrogen and oxygen atoms in total. The van der Waals surface area contributed by atoms with E-state index in [0.717, 1.165) is 6.54 Å². The Labute approximate surface area is 96.8 Å². The van der Waals surface area contributed by atoms with Gasteiger partial charge in [-0.3, -0.25) is 0 Å². The molecule has 0 heterocycles. The molecule has 0 fully saturated rings. The van der Waals surface area contributed by atoms with Crippen LogP contribution in [0.15, 0.2) is 18.2 Å². The van der Waals surface area contributed by atoms with Gasteiger partial charge in [0.1, 0.15) is 17.7 Å². The summed E-state index contributed by atoms with van der Waals surface area (Å²) in [5.74, 6) is 0.364. The molecule has 0 aromatic heterocycles. The van der Waals surface area contributed by atoms with Gasteiger partial charge < -0.3 is 10.1 Å². The van der Waals surface area contributed by atoms with Gasteiger partial charge in [-0.15, -0.1) is 0 Å². The van der Waals surface area contributed by atoms with Crippen molar-refractivity contribution in [3.63, 3.8) is 0 Å². The first-order chi connectivity index (χ1) is 7.49. The molecule has 1 rings (SSSR count). The molecule has 16 heavy (non-hydrogen) atoms. The van der Waals surface area contributed by atoms with Crippen molar-refractivity contribution in [1.82, 2.24) is 5.32 Å².